The SMILES string of the molecule is CC1(C)c2ccccc2-c2ccc(-c3cc(-c4nc5ccccn5n4)cc(C4N=C5C=CC=CN5N4)c3)cc21. The van der Waals surface area contributed by atoms with Crippen LogP contribution in [0.15, 0.2) is 114 Å². The monoisotopic (exact) mass is 506 g/mol. The Labute approximate surface area is 226 Å². The van der Waals surface area contributed by atoms with Crippen molar-refractivity contribution in [1.82, 2.24) is 25.0 Å². The van der Waals surface area contributed by atoms with Crippen molar-refractivity contribution in [3.63, 3.8) is 0 Å². The highest BCUT2D eigenvalue weighted by Crippen LogP contribution is 2.49. The summed E-state index contributed by atoms with van der Waals surface area (Å²) in [6.45, 7) is 4.64. The van der Waals surface area contributed by atoms with Crippen LogP contribution in [0, 0.1) is 0 Å². The summed E-state index contributed by atoms with van der Waals surface area (Å²) >= 11 is 0. The standard InChI is InChI=1S/C33H26N6/c1-33(2)27-10-4-3-9-25(27)26-14-13-21(20-28(26)33)22-17-23(31-34-29-11-5-7-15-38(29)36-31)19-24(18-22)32-35-30-12-6-8-16-39(30)37-32/h3-20,31,36H,1-2H3. The molecular weight excluding hydrogens is 480 g/mol. The maximum atomic E-state index is 4.95. The second-order valence-corrected chi connectivity index (χ2v) is 10.8. The second kappa shape index (κ2) is 8.09. The molecule has 0 fully saturated rings. The van der Waals surface area contributed by atoms with Crippen LogP contribution in [0.1, 0.15) is 36.7 Å². The summed E-state index contributed by atoms with van der Waals surface area (Å²) < 4.78 is 1.82. The Kier molecular flexibility index (Phi) is 4.61. The summed E-state index contributed by atoms with van der Waals surface area (Å²) in [5.41, 5.74) is 14.0. The van der Waals surface area contributed by atoms with E-state index in [2.05, 4.69) is 79.9 Å². The Bertz CT molecular complexity index is 1860. The molecule has 0 bridgehead atoms. The zero-order valence-corrected chi connectivity index (χ0v) is 21.7. The number of aliphatic imine (C=N–C) groups is 1. The van der Waals surface area contributed by atoms with Crippen molar-refractivity contribution in [1.29, 1.82) is 0 Å². The van der Waals surface area contributed by atoms with Crippen LogP contribution in [0.4, 0.5) is 0 Å². The number of hydrogen-bond acceptors (Lipinski definition) is 5. The third-order valence-electron chi connectivity index (χ3n) is 8.05. The van der Waals surface area contributed by atoms with Crippen LogP contribution < -0.4 is 5.43 Å². The smallest absolute Gasteiger partial charge is 0.182 e. The van der Waals surface area contributed by atoms with Gasteiger partial charge >= 0.3 is 0 Å². The minimum Gasteiger partial charge on any atom is -0.265 e. The number of hydrogen-bond donors (Lipinski definition) is 1. The molecule has 6 nitrogen and oxygen atoms in total. The van der Waals surface area contributed by atoms with E-state index in [-0.39, 0.29) is 11.6 Å². The Morgan fingerprint density at radius 1 is 0.795 bits per heavy atom. The summed E-state index contributed by atoms with van der Waals surface area (Å²) in [4.78, 5) is 9.78. The molecule has 1 N–H and O–H groups in total. The first-order valence-electron chi connectivity index (χ1n) is 13.2. The molecular formula is C33H26N6. The molecule has 39 heavy (non-hydrogen) atoms. The first-order chi connectivity index (χ1) is 19.0. The van der Waals surface area contributed by atoms with Crippen molar-refractivity contribution in [2.45, 2.75) is 25.4 Å². The quantitative estimate of drug-likeness (QED) is 0.297. The van der Waals surface area contributed by atoms with E-state index in [4.69, 9.17) is 15.1 Å². The number of nitrogens with one attached hydrogen (secondary N) is 1. The minimum absolute atomic E-state index is 0.0633. The molecule has 0 saturated heterocycles. The third-order valence-corrected chi connectivity index (χ3v) is 8.05. The van der Waals surface area contributed by atoms with Gasteiger partial charge in [0.1, 0.15) is 12.0 Å². The highest BCUT2D eigenvalue weighted by molar-refractivity contribution is 5.95. The number of nitrogens with zero attached hydrogens (tertiary/aromatic N) is 5. The Morgan fingerprint density at radius 2 is 1.64 bits per heavy atom. The molecule has 1 atom stereocenters. The van der Waals surface area contributed by atoms with E-state index in [0.717, 1.165) is 28.2 Å². The van der Waals surface area contributed by atoms with Crippen molar-refractivity contribution in [3.8, 4) is 33.6 Å². The number of aromatic nitrogens is 3. The van der Waals surface area contributed by atoms with Gasteiger partial charge in [0.2, 0.25) is 0 Å². The summed E-state index contributed by atoms with van der Waals surface area (Å²) in [5, 5.41) is 6.75. The molecule has 0 amide bonds. The molecule has 188 valence electrons. The summed E-state index contributed by atoms with van der Waals surface area (Å²) in [6.07, 6.45) is 9.73. The summed E-state index contributed by atoms with van der Waals surface area (Å²) in [5.74, 6) is 1.60. The van der Waals surface area contributed by atoms with E-state index in [1.165, 1.54) is 27.8 Å². The van der Waals surface area contributed by atoms with Gasteiger partial charge in [-0.25, -0.2) is 19.9 Å². The van der Waals surface area contributed by atoms with Crippen molar-refractivity contribution in [3.05, 3.63) is 126 Å². The van der Waals surface area contributed by atoms with E-state index in [9.17, 15) is 0 Å². The predicted molar refractivity (Wildman–Crippen MR) is 155 cm³/mol. The van der Waals surface area contributed by atoms with E-state index >= 15 is 0 Å². The zero-order chi connectivity index (χ0) is 26.1. The second-order valence-electron chi connectivity index (χ2n) is 10.8. The number of fused-ring (bicyclic) bond motifs is 5. The van der Waals surface area contributed by atoms with Crippen molar-refractivity contribution >= 4 is 11.5 Å². The lowest BCUT2D eigenvalue weighted by Gasteiger charge is -2.22. The number of rotatable bonds is 3. The van der Waals surface area contributed by atoms with E-state index < -0.39 is 0 Å². The Balaban J connectivity index is 1.29. The summed E-state index contributed by atoms with van der Waals surface area (Å²) in [7, 11) is 0. The van der Waals surface area contributed by atoms with Crippen LogP contribution in [-0.4, -0.2) is 25.4 Å². The molecule has 2 aromatic heterocycles. The van der Waals surface area contributed by atoms with Crippen LogP contribution in [0.5, 0.6) is 0 Å². The zero-order valence-electron chi connectivity index (χ0n) is 21.7. The molecule has 8 rings (SSSR count). The molecule has 4 heterocycles. The van der Waals surface area contributed by atoms with Gasteiger partial charge in [-0.1, -0.05) is 62.4 Å². The van der Waals surface area contributed by atoms with Gasteiger partial charge in [-0.05, 0) is 87.5 Å². The predicted octanol–water partition coefficient (Wildman–Crippen LogP) is 6.67. The van der Waals surface area contributed by atoms with Crippen LogP contribution >= 0.6 is 0 Å². The molecule has 1 unspecified atom stereocenters. The van der Waals surface area contributed by atoms with Gasteiger partial charge in [0.15, 0.2) is 11.5 Å². The molecule has 3 aliphatic rings. The van der Waals surface area contributed by atoms with E-state index in [0.29, 0.717) is 5.82 Å². The Hall–Kier alpha value is -4.81. The first kappa shape index (κ1) is 22.2. The van der Waals surface area contributed by atoms with Gasteiger partial charge in [0.05, 0.1) is 0 Å². The van der Waals surface area contributed by atoms with Crippen molar-refractivity contribution in [2.24, 2.45) is 4.99 Å². The molecule has 2 aliphatic heterocycles. The fraction of sp³-hybridized carbons (Fsp3) is 0.121. The van der Waals surface area contributed by atoms with Crippen LogP contribution in [0.2, 0.25) is 0 Å². The number of pyridine rings is 1. The van der Waals surface area contributed by atoms with Crippen LogP contribution in [0.25, 0.3) is 39.3 Å². The van der Waals surface area contributed by atoms with Gasteiger partial charge in [0, 0.05) is 23.4 Å². The topological polar surface area (TPSA) is 57.8 Å². The highest BCUT2D eigenvalue weighted by atomic mass is 15.6. The van der Waals surface area contributed by atoms with Gasteiger partial charge in [-0.2, -0.15) is 0 Å². The molecule has 6 heteroatoms. The number of allylic oxidation sites excluding steroid dienone is 2. The Morgan fingerprint density at radius 3 is 2.54 bits per heavy atom. The highest BCUT2D eigenvalue weighted by Gasteiger charge is 2.35. The average Bonchev–Trinajstić information content (AvgIpc) is 3.66. The molecule has 0 spiro atoms. The molecule has 5 aromatic rings. The lowest BCUT2D eigenvalue weighted by Crippen LogP contribution is -2.33. The summed E-state index contributed by atoms with van der Waals surface area (Å²) in [6, 6.07) is 28.1. The normalized spacial score (nSPS) is 18.3. The molecule has 3 aromatic carbocycles. The largest absolute Gasteiger partial charge is 0.265 e. The fourth-order valence-electron chi connectivity index (χ4n) is 6.03. The molecule has 1 aliphatic carbocycles. The maximum absolute atomic E-state index is 4.95. The fourth-order valence-corrected chi connectivity index (χ4v) is 6.03. The average molecular weight is 507 g/mol. The molecule has 0 saturated carbocycles. The van der Waals surface area contributed by atoms with Crippen molar-refractivity contribution < 1.29 is 0 Å². The lowest BCUT2D eigenvalue weighted by molar-refractivity contribution is 0.387. The van der Waals surface area contributed by atoms with Crippen LogP contribution in [0.3, 0.4) is 0 Å². The number of benzene rings is 3. The third kappa shape index (κ3) is 3.42. The van der Waals surface area contributed by atoms with Crippen molar-refractivity contribution in [2.75, 3.05) is 0 Å². The minimum atomic E-state index is -0.210. The number of amidine groups is 1. The maximum Gasteiger partial charge on any atom is 0.182 e. The lowest BCUT2D eigenvalue weighted by atomic mass is 9.81. The van der Waals surface area contributed by atoms with E-state index in [1.54, 1.807) is 0 Å². The van der Waals surface area contributed by atoms with Gasteiger partial charge in [-0.15, -0.1) is 5.10 Å². The first-order valence-corrected chi connectivity index (χ1v) is 13.2. The number of hydrazine groups is 1. The van der Waals surface area contributed by atoms with Crippen LogP contribution in [-0.2, 0) is 5.41 Å². The van der Waals surface area contributed by atoms with Gasteiger partial charge in [-0.3, -0.25) is 5.01 Å². The van der Waals surface area contributed by atoms with Gasteiger partial charge in [0.25, 0.3) is 0 Å². The molecule has 0 radical (unpaired) electrons. The van der Waals surface area contributed by atoms with E-state index in [1.807, 2.05) is 58.3 Å². The van der Waals surface area contributed by atoms with Gasteiger partial charge < -0.3 is 0 Å².